The summed E-state index contributed by atoms with van der Waals surface area (Å²) in [6.07, 6.45) is 8.51. The molecule has 1 N–H and O–H groups in total. The minimum Gasteiger partial charge on any atom is -0.395 e. The van der Waals surface area contributed by atoms with E-state index in [0.29, 0.717) is 13.0 Å². The van der Waals surface area contributed by atoms with Crippen LogP contribution >= 0.6 is 0 Å². The van der Waals surface area contributed by atoms with E-state index in [4.69, 9.17) is 5.11 Å². The average molecular weight is 446 g/mol. The number of fused-ring (bicyclic) bond motifs is 1. The summed E-state index contributed by atoms with van der Waals surface area (Å²) in [5, 5.41) is 10.2. The van der Waals surface area contributed by atoms with Gasteiger partial charge < -0.3 is 24.3 Å². The standard InChI is InChI=1S/C19H27N3O2.C5H10.C2H6.CH4/c1-4-21(12-11-20(3)13-15-24)19-17(10-14-23)16-8-6-7-9-18(16)22(19)5-2;1-3-5-4-2;1-2;/h5-9,14,24H,2,4,10-13,15H2,1,3H3;3,5H,4H2,1-2H3;1-2H3;1H4/b;5-3-;;. The number of aliphatic hydroxyl groups excluding tert-OH is 1. The van der Waals surface area contributed by atoms with E-state index >= 15 is 0 Å². The Balaban J connectivity index is 0. The van der Waals surface area contributed by atoms with Crippen molar-refractivity contribution in [2.45, 2.75) is 54.9 Å². The molecule has 1 aromatic heterocycles. The molecule has 1 heterocycles. The van der Waals surface area contributed by atoms with Crippen molar-refractivity contribution >= 4 is 29.2 Å². The second kappa shape index (κ2) is 19.3. The van der Waals surface area contributed by atoms with Gasteiger partial charge in [0.15, 0.2) is 0 Å². The molecule has 0 radical (unpaired) electrons. The molecule has 0 aliphatic carbocycles. The fraction of sp³-hybridized carbons (Fsp3) is 0.519. The zero-order valence-electron chi connectivity index (χ0n) is 20.5. The van der Waals surface area contributed by atoms with Gasteiger partial charge in [0.2, 0.25) is 0 Å². The van der Waals surface area contributed by atoms with Crippen LogP contribution in [0.15, 0.2) is 43.0 Å². The third kappa shape index (κ3) is 9.41. The van der Waals surface area contributed by atoms with E-state index in [2.05, 4.69) is 59.1 Å². The number of benzene rings is 1. The molecule has 0 unspecified atom stereocenters. The van der Waals surface area contributed by atoms with Crippen LogP contribution in [0.2, 0.25) is 0 Å². The monoisotopic (exact) mass is 445 g/mol. The fourth-order valence-corrected chi connectivity index (χ4v) is 3.35. The van der Waals surface area contributed by atoms with Gasteiger partial charge in [-0.15, -0.1) is 0 Å². The van der Waals surface area contributed by atoms with Gasteiger partial charge in [0.05, 0.1) is 12.1 Å². The summed E-state index contributed by atoms with van der Waals surface area (Å²) in [5.74, 6) is 1.04. The molecule has 2 rings (SSSR count). The highest BCUT2D eigenvalue weighted by Crippen LogP contribution is 2.33. The molecule has 0 saturated heterocycles. The molecule has 0 fully saturated rings. The second-order valence-electron chi connectivity index (χ2n) is 6.83. The molecule has 5 heteroatoms. The van der Waals surface area contributed by atoms with E-state index in [1.54, 1.807) is 0 Å². The number of rotatable bonds is 11. The number of allylic oxidation sites excluding steroid dienone is 2. The molecule has 32 heavy (non-hydrogen) atoms. The molecule has 0 spiro atoms. The summed E-state index contributed by atoms with van der Waals surface area (Å²) >= 11 is 0. The predicted octanol–water partition coefficient (Wildman–Crippen LogP) is 5.87. The van der Waals surface area contributed by atoms with Crippen molar-refractivity contribution in [2.75, 3.05) is 44.7 Å². The van der Waals surface area contributed by atoms with Gasteiger partial charge in [0.1, 0.15) is 12.1 Å². The Hall–Kier alpha value is -2.37. The lowest BCUT2D eigenvalue weighted by Gasteiger charge is -2.27. The number of aldehydes is 1. The number of hydrogen-bond donors (Lipinski definition) is 1. The third-order valence-corrected chi connectivity index (χ3v) is 4.84. The van der Waals surface area contributed by atoms with Gasteiger partial charge in [-0.05, 0) is 33.4 Å². The lowest BCUT2D eigenvalue weighted by Crippen LogP contribution is -2.35. The number of nitrogens with zero attached hydrogens (tertiary/aromatic N) is 3. The van der Waals surface area contributed by atoms with Gasteiger partial charge in [-0.25, -0.2) is 0 Å². The zero-order chi connectivity index (χ0) is 23.6. The molecular formula is C27H47N3O2. The lowest BCUT2D eigenvalue weighted by atomic mass is 10.1. The minimum absolute atomic E-state index is 0. The SMILES string of the molecule is C.C/C=C\CC.C=Cn1c(N(CC)CCN(C)CCO)c(CC=O)c2ccccc21.CC. The third-order valence-electron chi connectivity index (χ3n) is 4.84. The quantitative estimate of drug-likeness (QED) is 0.347. The van der Waals surface area contributed by atoms with Crippen LogP contribution in [0.4, 0.5) is 5.82 Å². The smallest absolute Gasteiger partial charge is 0.124 e. The Labute approximate surface area is 197 Å². The van der Waals surface area contributed by atoms with Crippen LogP contribution in [0.3, 0.4) is 0 Å². The van der Waals surface area contributed by atoms with Crippen molar-refractivity contribution < 1.29 is 9.90 Å². The van der Waals surface area contributed by atoms with E-state index in [0.717, 1.165) is 54.6 Å². The van der Waals surface area contributed by atoms with E-state index in [-0.39, 0.29) is 14.0 Å². The van der Waals surface area contributed by atoms with Crippen molar-refractivity contribution in [1.29, 1.82) is 0 Å². The van der Waals surface area contributed by atoms with Crippen LogP contribution in [-0.4, -0.2) is 60.7 Å². The first kappa shape index (κ1) is 31.8. The largest absolute Gasteiger partial charge is 0.395 e. The highest BCUT2D eigenvalue weighted by atomic mass is 16.3. The van der Waals surface area contributed by atoms with Gasteiger partial charge in [0.25, 0.3) is 0 Å². The van der Waals surface area contributed by atoms with Crippen LogP contribution in [0.25, 0.3) is 17.1 Å². The first-order valence-electron chi connectivity index (χ1n) is 11.4. The molecule has 0 atom stereocenters. The van der Waals surface area contributed by atoms with Crippen LogP contribution in [0.1, 0.15) is 54.0 Å². The maximum absolute atomic E-state index is 11.2. The van der Waals surface area contributed by atoms with Gasteiger partial charge >= 0.3 is 0 Å². The van der Waals surface area contributed by atoms with Crippen molar-refractivity contribution in [1.82, 2.24) is 9.47 Å². The topological polar surface area (TPSA) is 48.7 Å². The Kier molecular flexibility index (Phi) is 19.2. The molecule has 0 aliphatic heterocycles. The first-order chi connectivity index (χ1) is 15.1. The second-order valence-corrected chi connectivity index (χ2v) is 6.83. The van der Waals surface area contributed by atoms with Crippen molar-refractivity contribution in [3.8, 4) is 0 Å². The maximum Gasteiger partial charge on any atom is 0.124 e. The molecule has 2 aromatic rings. The Morgan fingerprint density at radius 3 is 2.25 bits per heavy atom. The number of carbonyl (C=O) groups excluding carboxylic acids is 1. The predicted molar refractivity (Wildman–Crippen MR) is 144 cm³/mol. The van der Waals surface area contributed by atoms with Gasteiger partial charge in [-0.1, -0.05) is 65.1 Å². The molecule has 5 nitrogen and oxygen atoms in total. The van der Waals surface area contributed by atoms with Gasteiger partial charge in [-0.2, -0.15) is 0 Å². The number of hydrogen-bond acceptors (Lipinski definition) is 4. The van der Waals surface area contributed by atoms with Gasteiger partial charge in [0, 0.05) is 49.7 Å². The summed E-state index contributed by atoms with van der Waals surface area (Å²) in [7, 11) is 2.00. The molecule has 0 saturated carbocycles. The van der Waals surface area contributed by atoms with E-state index < -0.39 is 0 Å². The molecule has 0 aliphatic rings. The fourth-order valence-electron chi connectivity index (χ4n) is 3.35. The molecule has 1 aromatic carbocycles. The highest BCUT2D eigenvalue weighted by molar-refractivity contribution is 5.93. The number of anilines is 1. The molecule has 0 amide bonds. The van der Waals surface area contributed by atoms with Crippen LogP contribution in [0.5, 0.6) is 0 Å². The molecule has 0 bridgehead atoms. The summed E-state index contributed by atoms with van der Waals surface area (Å²) in [6.45, 7) is 17.5. The average Bonchev–Trinajstić information content (AvgIpc) is 3.10. The first-order valence-corrected chi connectivity index (χ1v) is 11.4. The zero-order valence-corrected chi connectivity index (χ0v) is 20.5. The summed E-state index contributed by atoms with van der Waals surface area (Å²) in [6, 6.07) is 8.12. The lowest BCUT2D eigenvalue weighted by molar-refractivity contribution is -0.107. The van der Waals surface area contributed by atoms with E-state index in [1.807, 2.05) is 46.2 Å². The Bertz CT molecular complexity index is 781. The summed E-state index contributed by atoms with van der Waals surface area (Å²) in [4.78, 5) is 15.6. The number of para-hydroxylation sites is 1. The normalized spacial score (nSPS) is 10.1. The van der Waals surface area contributed by atoms with Gasteiger partial charge in [-0.3, -0.25) is 0 Å². The van der Waals surface area contributed by atoms with Crippen molar-refractivity contribution in [3.05, 3.63) is 48.6 Å². The summed E-state index contributed by atoms with van der Waals surface area (Å²) in [5.41, 5.74) is 2.12. The maximum atomic E-state index is 11.2. The van der Waals surface area contributed by atoms with E-state index in [1.165, 1.54) is 0 Å². The van der Waals surface area contributed by atoms with Crippen LogP contribution in [-0.2, 0) is 11.2 Å². The van der Waals surface area contributed by atoms with Crippen molar-refractivity contribution in [3.63, 3.8) is 0 Å². The van der Waals surface area contributed by atoms with E-state index in [9.17, 15) is 4.79 Å². The number of carbonyl (C=O) groups is 1. The highest BCUT2D eigenvalue weighted by Gasteiger charge is 2.20. The molecule has 182 valence electrons. The Morgan fingerprint density at radius 1 is 1.12 bits per heavy atom. The van der Waals surface area contributed by atoms with Crippen LogP contribution < -0.4 is 4.90 Å². The minimum atomic E-state index is 0. The number of aliphatic hydroxyl groups is 1. The number of likely N-dealkylation sites (N-methyl/N-ethyl adjacent to an activating group) is 2. The Morgan fingerprint density at radius 2 is 1.78 bits per heavy atom. The van der Waals surface area contributed by atoms with Crippen molar-refractivity contribution in [2.24, 2.45) is 0 Å². The van der Waals surface area contributed by atoms with Crippen LogP contribution in [0, 0.1) is 0 Å². The summed E-state index contributed by atoms with van der Waals surface area (Å²) < 4.78 is 2.07. The molecular weight excluding hydrogens is 398 g/mol. The number of aromatic nitrogens is 1.